The predicted octanol–water partition coefficient (Wildman–Crippen LogP) is 2.21. The number of ether oxygens (including phenoxy) is 1. The number of carbonyl (C=O) groups is 1. The largest absolute Gasteiger partial charge is 0.478 e. The Bertz CT molecular complexity index is 477. The Labute approximate surface area is 139 Å². The lowest BCUT2D eigenvalue weighted by Crippen LogP contribution is -2.44. The standard InChI is InChI=1S/C17H30N4O2/c1-6-23-16-15(8-7-9-18-16)12-19-17(22)21(13-14(2)3)11-10-20(4)5/h7-9,14H,6,10-13H2,1-5H3,(H,19,22). The highest BCUT2D eigenvalue weighted by Gasteiger charge is 2.15. The van der Waals surface area contributed by atoms with Crippen molar-refractivity contribution in [3.05, 3.63) is 23.9 Å². The van der Waals surface area contributed by atoms with Crippen molar-refractivity contribution >= 4 is 6.03 Å². The first-order chi connectivity index (χ1) is 10.9. The smallest absolute Gasteiger partial charge is 0.317 e. The maximum Gasteiger partial charge on any atom is 0.317 e. The summed E-state index contributed by atoms with van der Waals surface area (Å²) in [7, 11) is 4.02. The van der Waals surface area contributed by atoms with Crippen LogP contribution >= 0.6 is 0 Å². The summed E-state index contributed by atoms with van der Waals surface area (Å²) in [4.78, 5) is 20.6. The van der Waals surface area contributed by atoms with Gasteiger partial charge in [0.15, 0.2) is 0 Å². The normalized spacial score (nSPS) is 10.9. The molecule has 23 heavy (non-hydrogen) atoms. The molecular weight excluding hydrogens is 292 g/mol. The van der Waals surface area contributed by atoms with E-state index < -0.39 is 0 Å². The lowest BCUT2D eigenvalue weighted by molar-refractivity contribution is 0.184. The van der Waals surface area contributed by atoms with E-state index in [1.165, 1.54) is 0 Å². The molecule has 0 aliphatic carbocycles. The number of rotatable bonds is 9. The summed E-state index contributed by atoms with van der Waals surface area (Å²) in [5.41, 5.74) is 0.889. The first-order valence-corrected chi connectivity index (χ1v) is 8.18. The first-order valence-electron chi connectivity index (χ1n) is 8.18. The van der Waals surface area contributed by atoms with Gasteiger partial charge in [-0.3, -0.25) is 0 Å². The second kappa shape index (κ2) is 10.0. The monoisotopic (exact) mass is 322 g/mol. The molecule has 1 N–H and O–H groups in total. The molecule has 0 spiro atoms. The van der Waals surface area contributed by atoms with E-state index in [4.69, 9.17) is 4.74 Å². The van der Waals surface area contributed by atoms with Crippen LogP contribution in [-0.2, 0) is 6.54 Å². The number of urea groups is 1. The Kier molecular flexibility index (Phi) is 8.40. The number of aromatic nitrogens is 1. The van der Waals surface area contributed by atoms with E-state index in [1.807, 2.05) is 38.1 Å². The van der Waals surface area contributed by atoms with Gasteiger partial charge in [-0.1, -0.05) is 19.9 Å². The van der Waals surface area contributed by atoms with Crippen molar-refractivity contribution in [3.63, 3.8) is 0 Å². The highest BCUT2D eigenvalue weighted by atomic mass is 16.5. The molecule has 1 rings (SSSR count). The summed E-state index contributed by atoms with van der Waals surface area (Å²) in [6.07, 6.45) is 1.69. The molecule has 0 aromatic carbocycles. The Morgan fingerprint density at radius 3 is 2.70 bits per heavy atom. The quantitative estimate of drug-likeness (QED) is 0.757. The minimum Gasteiger partial charge on any atom is -0.478 e. The minimum absolute atomic E-state index is 0.0492. The summed E-state index contributed by atoms with van der Waals surface area (Å²) in [6, 6.07) is 3.72. The molecule has 6 nitrogen and oxygen atoms in total. The zero-order valence-corrected chi connectivity index (χ0v) is 15.0. The molecule has 0 unspecified atom stereocenters. The van der Waals surface area contributed by atoms with E-state index in [9.17, 15) is 4.79 Å². The molecule has 6 heteroatoms. The van der Waals surface area contributed by atoms with Crippen LogP contribution < -0.4 is 10.1 Å². The van der Waals surface area contributed by atoms with Crippen LogP contribution in [0.25, 0.3) is 0 Å². The molecule has 1 aromatic heterocycles. The Morgan fingerprint density at radius 1 is 1.35 bits per heavy atom. The van der Waals surface area contributed by atoms with E-state index >= 15 is 0 Å². The van der Waals surface area contributed by atoms with E-state index in [1.54, 1.807) is 6.20 Å². The van der Waals surface area contributed by atoms with Crippen molar-refractivity contribution < 1.29 is 9.53 Å². The van der Waals surface area contributed by atoms with Gasteiger partial charge in [-0.2, -0.15) is 0 Å². The lowest BCUT2D eigenvalue weighted by Gasteiger charge is -2.26. The van der Waals surface area contributed by atoms with E-state index in [-0.39, 0.29) is 6.03 Å². The van der Waals surface area contributed by atoms with Gasteiger partial charge in [-0.15, -0.1) is 0 Å². The number of nitrogens with zero attached hydrogens (tertiary/aromatic N) is 3. The molecule has 2 amide bonds. The predicted molar refractivity (Wildman–Crippen MR) is 92.6 cm³/mol. The fourth-order valence-corrected chi connectivity index (χ4v) is 2.15. The van der Waals surface area contributed by atoms with Crippen molar-refractivity contribution in [2.75, 3.05) is 40.3 Å². The van der Waals surface area contributed by atoms with Gasteiger partial charge in [-0.25, -0.2) is 9.78 Å². The van der Waals surface area contributed by atoms with Crippen molar-refractivity contribution in [1.29, 1.82) is 0 Å². The maximum atomic E-state index is 12.5. The number of carbonyl (C=O) groups excluding carboxylic acids is 1. The Morgan fingerprint density at radius 2 is 2.09 bits per heavy atom. The lowest BCUT2D eigenvalue weighted by atomic mass is 10.2. The molecule has 0 bridgehead atoms. The fraction of sp³-hybridized carbons (Fsp3) is 0.647. The van der Waals surface area contributed by atoms with Crippen LogP contribution in [0.3, 0.4) is 0 Å². The molecule has 0 aliphatic rings. The number of pyridine rings is 1. The van der Waals surface area contributed by atoms with Gasteiger partial charge in [-0.05, 0) is 33.0 Å². The molecule has 0 aliphatic heterocycles. The van der Waals surface area contributed by atoms with Gasteiger partial charge >= 0.3 is 6.03 Å². The third-order valence-corrected chi connectivity index (χ3v) is 3.25. The zero-order chi connectivity index (χ0) is 17.2. The average molecular weight is 322 g/mol. The first kappa shape index (κ1) is 19.2. The van der Waals surface area contributed by atoms with Crippen LogP contribution in [0.1, 0.15) is 26.3 Å². The molecule has 130 valence electrons. The second-order valence-corrected chi connectivity index (χ2v) is 6.20. The molecule has 1 aromatic rings. The molecule has 0 saturated heterocycles. The summed E-state index contributed by atoms with van der Waals surface area (Å²) in [5, 5.41) is 2.98. The van der Waals surface area contributed by atoms with Gasteiger partial charge in [0.25, 0.3) is 0 Å². The fourth-order valence-electron chi connectivity index (χ4n) is 2.15. The van der Waals surface area contributed by atoms with E-state index in [0.29, 0.717) is 31.5 Å². The van der Waals surface area contributed by atoms with Crippen molar-refractivity contribution in [2.24, 2.45) is 5.92 Å². The highest BCUT2D eigenvalue weighted by Crippen LogP contribution is 2.14. The SMILES string of the molecule is CCOc1ncccc1CNC(=O)N(CCN(C)C)CC(C)C. The number of nitrogens with one attached hydrogen (secondary N) is 1. The van der Waals surface area contributed by atoms with Gasteiger partial charge in [0.1, 0.15) is 0 Å². The van der Waals surface area contributed by atoms with E-state index in [2.05, 4.69) is 29.0 Å². The van der Waals surface area contributed by atoms with Crippen LogP contribution in [0.15, 0.2) is 18.3 Å². The average Bonchev–Trinajstić information content (AvgIpc) is 2.50. The molecule has 0 atom stereocenters. The minimum atomic E-state index is -0.0492. The van der Waals surface area contributed by atoms with Gasteiger partial charge in [0.05, 0.1) is 6.61 Å². The van der Waals surface area contributed by atoms with Gasteiger partial charge in [0.2, 0.25) is 5.88 Å². The Hall–Kier alpha value is -1.82. The third-order valence-electron chi connectivity index (χ3n) is 3.25. The van der Waals surface area contributed by atoms with E-state index in [0.717, 1.165) is 18.7 Å². The van der Waals surface area contributed by atoms with Crippen LogP contribution in [0.5, 0.6) is 5.88 Å². The molecule has 0 fully saturated rings. The molecule has 1 heterocycles. The summed E-state index contributed by atoms with van der Waals surface area (Å²) in [5.74, 6) is 1.01. The number of likely N-dealkylation sites (N-methyl/N-ethyl adjacent to an activating group) is 1. The van der Waals surface area contributed by atoms with Crippen molar-refractivity contribution in [2.45, 2.75) is 27.3 Å². The summed E-state index contributed by atoms with van der Waals surface area (Å²) in [6.45, 7) is 9.42. The number of hydrogen-bond acceptors (Lipinski definition) is 4. The van der Waals surface area contributed by atoms with Crippen molar-refractivity contribution in [1.82, 2.24) is 20.1 Å². The van der Waals surface area contributed by atoms with Crippen LogP contribution in [-0.4, -0.2) is 61.2 Å². The number of amides is 2. The molecule has 0 saturated carbocycles. The number of hydrogen-bond donors (Lipinski definition) is 1. The molecule has 0 radical (unpaired) electrons. The van der Waals surface area contributed by atoms with Gasteiger partial charge in [0, 0.05) is 37.9 Å². The zero-order valence-electron chi connectivity index (χ0n) is 15.0. The molecular formula is C17H30N4O2. The van der Waals surface area contributed by atoms with Crippen molar-refractivity contribution in [3.8, 4) is 5.88 Å². The third kappa shape index (κ3) is 7.32. The van der Waals surface area contributed by atoms with Crippen LogP contribution in [0, 0.1) is 5.92 Å². The summed E-state index contributed by atoms with van der Waals surface area (Å²) >= 11 is 0. The van der Waals surface area contributed by atoms with Crippen LogP contribution in [0.4, 0.5) is 4.79 Å². The van der Waals surface area contributed by atoms with Gasteiger partial charge < -0.3 is 19.9 Å². The highest BCUT2D eigenvalue weighted by molar-refractivity contribution is 5.74. The summed E-state index contributed by atoms with van der Waals surface area (Å²) < 4.78 is 5.49. The Balaban J connectivity index is 2.63. The van der Waals surface area contributed by atoms with Crippen LogP contribution in [0.2, 0.25) is 0 Å². The maximum absolute atomic E-state index is 12.5. The topological polar surface area (TPSA) is 57.7 Å². The second-order valence-electron chi connectivity index (χ2n) is 6.20.